The number of hydrogen-bond donors (Lipinski definition) is 2. The van der Waals surface area contributed by atoms with Crippen molar-refractivity contribution >= 4 is 6.09 Å². The largest absolute Gasteiger partial charge is 0.497 e. The first kappa shape index (κ1) is 40.5. The minimum Gasteiger partial charge on any atom is -0.497 e. The molecule has 1 aliphatic heterocycles. The molecule has 0 spiro atoms. The van der Waals surface area contributed by atoms with Crippen LogP contribution in [0, 0.1) is 0 Å². The molecule has 13 nitrogen and oxygen atoms in total. The monoisotopic (exact) mass is 744 g/mol. The van der Waals surface area contributed by atoms with Crippen molar-refractivity contribution < 1.29 is 33.2 Å². The summed E-state index contributed by atoms with van der Waals surface area (Å²) in [7, 11) is 3.34. The number of amides is 1. The summed E-state index contributed by atoms with van der Waals surface area (Å²) in [6.45, 7) is 16.4. The van der Waals surface area contributed by atoms with E-state index in [1.54, 1.807) is 20.4 Å². The van der Waals surface area contributed by atoms with E-state index >= 15 is 0 Å². The zero-order valence-corrected chi connectivity index (χ0v) is 33.2. The molecule has 54 heavy (non-hydrogen) atoms. The third kappa shape index (κ3) is 11.6. The third-order valence-electron chi connectivity index (χ3n) is 8.82. The number of nitrogens with one attached hydrogen (secondary N) is 2. The second-order valence-corrected chi connectivity index (χ2v) is 16.2. The van der Waals surface area contributed by atoms with Crippen molar-refractivity contribution in [1.82, 2.24) is 30.6 Å². The lowest BCUT2D eigenvalue weighted by Gasteiger charge is -2.52. The van der Waals surface area contributed by atoms with Gasteiger partial charge >= 0.3 is 6.09 Å². The molecule has 4 aromatic rings. The predicted molar refractivity (Wildman–Crippen MR) is 207 cm³/mol. The summed E-state index contributed by atoms with van der Waals surface area (Å²) in [5.74, 6) is 1.86. The molecular weight excluding hydrogens is 688 g/mol. The number of aromatic nitrogens is 4. The standard InChI is InChI=1S/C41H56N6O7/c1-38(2,3)54-37(48)47(8)18-19-50-20-21-51-28-41(26-39(4,5)46-40(6,7)27-41)53-36-17-16-34(44-45-36)33-15-12-30(31-23-42-43-24-31)22-35(33)52-25-29-10-13-32(49-9)14-11-29/h10-17,22-24,46H,18-21,25-28H2,1-9H3,(H,42,43). The number of likely N-dealkylation sites (N-methyl/N-ethyl adjacent to an activating group) is 1. The Bertz CT molecular complexity index is 1770. The molecule has 5 rings (SSSR count). The first-order valence-electron chi connectivity index (χ1n) is 18.4. The molecule has 2 aromatic carbocycles. The summed E-state index contributed by atoms with van der Waals surface area (Å²) < 4.78 is 35.9. The topological polar surface area (TPSA) is 142 Å². The Morgan fingerprint density at radius 2 is 1.61 bits per heavy atom. The van der Waals surface area contributed by atoms with E-state index in [1.165, 1.54) is 4.90 Å². The van der Waals surface area contributed by atoms with Gasteiger partial charge in [-0.25, -0.2) is 4.79 Å². The maximum Gasteiger partial charge on any atom is 0.410 e. The summed E-state index contributed by atoms with van der Waals surface area (Å²) in [5.41, 5.74) is 2.68. The normalized spacial score (nSPS) is 16.0. The van der Waals surface area contributed by atoms with E-state index in [4.69, 9.17) is 28.4 Å². The number of carbonyl (C=O) groups excluding carboxylic acids is 1. The van der Waals surface area contributed by atoms with E-state index in [1.807, 2.05) is 81.6 Å². The van der Waals surface area contributed by atoms with Crippen LogP contribution in [-0.2, 0) is 20.8 Å². The maximum atomic E-state index is 12.2. The highest BCUT2D eigenvalue weighted by molar-refractivity contribution is 5.74. The van der Waals surface area contributed by atoms with Gasteiger partial charge in [0.1, 0.15) is 29.3 Å². The number of hydrogen-bond acceptors (Lipinski definition) is 11. The number of rotatable bonds is 16. The fourth-order valence-electron chi connectivity index (χ4n) is 7.06. The molecular formula is C41H56N6O7. The zero-order valence-electron chi connectivity index (χ0n) is 33.2. The molecule has 0 bridgehead atoms. The SMILES string of the molecule is COc1ccc(COc2cc(-c3cn[nH]c3)ccc2-c2ccc(OC3(COCCOCCN(C)C(=O)OC(C)(C)C)CC(C)(C)NC(C)(C)C3)nn2)cc1. The van der Waals surface area contributed by atoms with Crippen LogP contribution in [0.2, 0.25) is 0 Å². The van der Waals surface area contributed by atoms with E-state index in [-0.39, 0.29) is 17.2 Å². The van der Waals surface area contributed by atoms with Crippen molar-refractivity contribution in [1.29, 1.82) is 0 Å². The Labute approximate surface area is 319 Å². The fraction of sp³-hybridized carbons (Fsp3) is 0.512. The molecule has 1 fully saturated rings. The minimum atomic E-state index is -0.676. The van der Waals surface area contributed by atoms with Gasteiger partial charge in [-0.15, -0.1) is 10.2 Å². The summed E-state index contributed by atoms with van der Waals surface area (Å²) >= 11 is 0. The van der Waals surface area contributed by atoms with E-state index < -0.39 is 11.2 Å². The lowest BCUT2D eigenvalue weighted by Crippen LogP contribution is -2.66. The first-order valence-corrected chi connectivity index (χ1v) is 18.4. The molecule has 0 radical (unpaired) electrons. The van der Waals surface area contributed by atoms with Gasteiger partial charge in [0.15, 0.2) is 0 Å². The molecule has 0 unspecified atom stereocenters. The second kappa shape index (κ2) is 17.2. The predicted octanol–water partition coefficient (Wildman–Crippen LogP) is 7.08. The highest BCUT2D eigenvalue weighted by Crippen LogP contribution is 2.40. The first-order chi connectivity index (χ1) is 25.5. The molecule has 0 aliphatic carbocycles. The van der Waals surface area contributed by atoms with Crippen LogP contribution in [0.15, 0.2) is 67.0 Å². The number of aromatic amines is 1. The molecule has 13 heteroatoms. The lowest BCUT2D eigenvalue weighted by atomic mass is 9.73. The van der Waals surface area contributed by atoms with Crippen LogP contribution in [0.25, 0.3) is 22.4 Å². The lowest BCUT2D eigenvalue weighted by molar-refractivity contribution is -0.0970. The Hall–Kier alpha value is -4.72. The second-order valence-electron chi connectivity index (χ2n) is 16.2. The van der Waals surface area contributed by atoms with Gasteiger partial charge in [0, 0.05) is 60.9 Å². The van der Waals surface area contributed by atoms with Gasteiger partial charge in [-0.2, -0.15) is 5.10 Å². The molecule has 0 atom stereocenters. The van der Waals surface area contributed by atoms with Gasteiger partial charge in [-0.05, 0) is 89.9 Å². The highest BCUT2D eigenvalue weighted by atomic mass is 16.6. The number of ether oxygens (including phenoxy) is 6. The molecule has 2 aromatic heterocycles. The average Bonchev–Trinajstić information content (AvgIpc) is 3.64. The van der Waals surface area contributed by atoms with Gasteiger partial charge in [0.05, 0.1) is 45.4 Å². The van der Waals surface area contributed by atoms with Gasteiger partial charge in [-0.3, -0.25) is 5.10 Å². The number of piperidine rings is 1. The molecule has 2 N–H and O–H groups in total. The van der Waals surface area contributed by atoms with Crippen LogP contribution in [0.3, 0.4) is 0 Å². The number of nitrogens with zero attached hydrogens (tertiary/aromatic N) is 4. The van der Waals surface area contributed by atoms with Crippen molar-refractivity contribution in [2.45, 2.75) is 90.2 Å². The molecule has 1 amide bonds. The quantitative estimate of drug-likeness (QED) is 0.114. The van der Waals surface area contributed by atoms with E-state index in [0.29, 0.717) is 69.7 Å². The number of H-pyrrole nitrogens is 1. The summed E-state index contributed by atoms with van der Waals surface area (Å²) in [6.07, 6.45) is 4.62. The van der Waals surface area contributed by atoms with Gasteiger partial charge in [-0.1, -0.05) is 18.2 Å². The number of methoxy groups -OCH3 is 1. The van der Waals surface area contributed by atoms with Crippen molar-refractivity contribution in [3.8, 4) is 39.8 Å². The van der Waals surface area contributed by atoms with Crippen molar-refractivity contribution in [2.75, 3.05) is 47.1 Å². The van der Waals surface area contributed by atoms with E-state index in [2.05, 4.69) is 53.4 Å². The molecule has 3 heterocycles. The van der Waals surface area contributed by atoms with Crippen LogP contribution < -0.4 is 19.5 Å². The molecule has 1 aliphatic rings. The smallest absolute Gasteiger partial charge is 0.410 e. The van der Waals surface area contributed by atoms with E-state index in [9.17, 15) is 4.79 Å². The van der Waals surface area contributed by atoms with Crippen LogP contribution in [0.1, 0.15) is 66.9 Å². The molecule has 0 saturated carbocycles. The molecule has 1 saturated heterocycles. The fourth-order valence-corrected chi connectivity index (χ4v) is 7.06. The summed E-state index contributed by atoms with van der Waals surface area (Å²) in [5, 5.41) is 19.9. The van der Waals surface area contributed by atoms with Gasteiger partial charge in [0.25, 0.3) is 0 Å². The average molecular weight is 745 g/mol. The maximum absolute atomic E-state index is 12.2. The Morgan fingerprint density at radius 1 is 0.889 bits per heavy atom. The Kier molecular flexibility index (Phi) is 12.9. The van der Waals surface area contributed by atoms with Crippen LogP contribution in [0.5, 0.6) is 17.4 Å². The van der Waals surface area contributed by atoms with Crippen LogP contribution in [-0.4, -0.2) is 101 Å². The van der Waals surface area contributed by atoms with Crippen molar-refractivity contribution in [2.24, 2.45) is 0 Å². The number of benzene rings is 2. The minimum absolute atomic E-state index is 0.228. The Balaban J connectivity index is 1.26. The molecule has 292 valence electrons. The highest BCUT2D eigenvalue weighted by Gasteiger charge is 2.49. The van der Waals surface area contributed by atoms with Crippen LogP contribution in [0.4, 0.5) is 4.79 Å². The Morgan fingerprint density at radius 3 is 2.24 bits per heavy atom. The summed E-state index contributed by atoms with van der Waals surface area (Å²) in [6, 6.07) is 17.5. The zero-order chi connectivity index (χ0) is 39.0. The van der Waals surface area contributed by atoms with Crippen molar-refractivity contribution in [3.05, 3.63) is 72.6 Å². The number of carbonyl (C=O) groups is 1. The van der Waals surface area contributed by atoms with Gasteiger partial charge in [0.2, 0.25) is 5.88 Å². The van der Waals surface area contributed by atoms with E-state index in [0.717, 1.165) is 28.0 Å². The third-order valence-corrected chi connectivity index (χ3v) is 8.82. The summed E-state index contributed by atoms with van der Waals surface area (Å²) in [4.78, 5) is 13.7. The van der Waals surface area contributed by atoms with Crippen LogP contribution >= 0.6 is 0 Å². The van der Waals surface area contributed by atoms with Gasteiger partial charge < -0.3 is 38.6 Å². The van der Waals surface area contributed by atoms with Crippen molar-refractivity contribution in [3.63, 3.8) is 0 Å².